The Hall–Kier alpha value is -0.0800. The van der Waals surface area contributed by atoms with Crippen LogP contribution < -0.4 is 0 Å². The van der Waals surface area contributed by atoms with E-state index in [0.717, 1.165) is 12.8 Å². The first-order chi connectivity index (χ1) is 6.55. The van der Waals surface area contributed by atoms with Gasteiger partial charge in [0.25, 0.3) is 0 Å². The number of methoxy groups -OCH3 is 1. The van der Waals surface area contributed by atoms with Crippen LogP contribution >= 0.6 is 0 Å². The lowest BCUT2D eigenvalue weighted by Gasteiger charge is -2.26. The molecule has 1 rings (SSSR count). The molecule has 84 valence electrons. The second-order valence-electron chi connectivity index (χ2n) is 5.11. The summed E-state index contributed by atoms with van der Waals surface area (Å²) in [7, 11) is 1.74. The molecule has 0 bridgehead atoms. The standard InChI is InChI=1S/C12H24O2/c1-12(2,14-3)9-8-11(13)10-6-4-5-7-10/h10-11,13H,4-9H2,1-3H3. The van der Waals surface area contributed by atoms with Gasteiger partial charge in [-0.15, -0.1) is 0 Å². The highest BCUT2D eigenvalue weighted by molar-refractivity contribution is 4.77. The Morgan fingerprint density at radius 2 is 1.93 bits per heavy atom. The third-order valence-corrected chi connectivity index (χ3v) is 3.54. The van der Waals surface area contributed by atoms with E-state index in [1.807, 2.05) is 0 Å². The van der Waals surface area contributed by atoms with E-state index in [9.17, 15) is 5.11 Å². The molecular weight excluding hydrogens is 176 g/mol. The van der Waals surface area contributed by atoms with Crippen LogP contribution in [-0.2, 0) is 4.74 Å². The molecule has 14 heavy (non-hydrogen) atoms. The van der Waals surface area contributed by atoms with Crippen molar-refractivity contribution in [3.05, 3.63) is 0 Å². The minimum absolute atomic E-state index is 0.0837. The Balaban J connectivity index is 2.23. The van der Waals surface area contributed by atoms with Gasteiger partial charge in [0.15, 0.2) is 0 Å². The highest BCUT2D eigenvalue weighted by Crippen LogP contribution is 2.30. The molecule has 0 aromatic carbocycles. The topological polar surface area (TPSA) is 29.5 Å². The molecule has 1 aliphatic rings. The van der Waals surface area contributed by atoms with Gasteiger partial charge in [-0.25, -0.2) is 0 Å². The van der Waals surface area contributed by atoms with Crippen molar-refractivity contribution < 1.29 is 9.84 Å². The van der Waals surface area contributed by atoms with Crippen LogP contribution in [0.15, 0.2) is 0 Å². The van der Waals surface area contributed by atoms with Crippen LogP contribution in [0.1, 0.15) is 52.4 Å². The zero-order valence-corrected chi connectivity index (χ0v) is 9.75. The molecule has 1 aliphatic carbocycles. The van der Waals surface area contributed by atoms with Gasteiger partial charge in [-0.2, -0.15) is 0 Å². The number of aliphatic hydroxyl groups excluding tert-OH is 1. The van der Waals surface area contributed by atoms with E-state index in [4.69, 9.17) is 4.74 Å². The lowest BCUT2D eigenvalue weighted by molar-refractivity contribution is -0.00370. The predicted molar refractivity (Wildman–Crippen MR) is 58.3 cm³/mol. The Labute approximate surface area is 87.7 Å². The van der Waals surface area contributed by atoms with Crippen LogP contribution in [0.3, 0.4) is 0 Å². The first-order valence-corrected chi connectivity index (χ1v) is 5.78. The maximum atomic E-state index is 9.95. The number of hydrogen-bond acceptors (Lipinski definition) is 2. The van der Waals surface area contributed by atoms with Crippen molar-refractivity contribution >= 4 is 0 Å². The second kappa shape index (κ2) is 5.13. The molecule has 1 saturated carbocycles. The first kappa shape index (κ1) is 12.0. The summed E-state index contributed by atoms with van der Waals surface area (Å²) < 4.78 is 5.34. The fourth-order valence-corrected chi connectivity index (χ4v) is 2.18. The van der Waals surface area contributed by atoms with E-state index in [0.29, 0.717) is 5.92 Å². The van der Waals surface area contributed by atoms with Crippen molar-refractivity contribution in [2.24, 2.45) is 5.92 Å². The highest BCUT2D eigenvalue weighted by atomic mass is 16.5. The van der Waals surface area contributed by atoms with Gasteiger partial charge in [0, 0.05) is 7.11 Å². The second-order valence-corrected chi connectivity index (χ2v) is 5.11. The summed E-state index contributed by atoms with van der Waals surface area (Å²) in [5.74, 6) is 0.558. The van der Waals surface area contributed by atoms with Crippen LogP contribution in [0.25, 0.3) is 0 Å². The monoisotopic (exact) mass is 200 g/mol. The van der Waals surface area contributed by atoms with E-state index in [1.165, 1.54) is 25.7 Å². The molecule has 1 N–H and O–H groups in total. The smallest absolute Gasteiger partial charge is 0.0623 e. The van der Waals surface area contributed by atoms with Gasteiger partial charge in [0.05, 0.1) is 11.7 Å². The largest absolute Gasteiger partial charge is 0.393 e. The molecule has 0 aromatic rings. The predicted octanol–water partition coefficient (Wildman–Crippen LogP) is 2.74. The minimum Gasteiger partial charge on any atom is -0.393 e. The van der Waals surface area contributed by atoms with Crippen LogP contribution in [0.4, 0.5) is 0 Å². The maximum Gasteiger partial charge on any atom is 0.0623 e. The van der Waals surface area contributed by atoms with Gasteiger partial charge in [0.2, 0.25) is 0 Å². The molecule has 1 unspecified atom stereocenters. The van der Waals surface area contributed by atoms with Gasteiger partial charge in [-0.3, -0.25) is 0 Å². The van der Waals surface area contributed by atoms with Gasteiger partial charge < -0.3 is 9.84 Å². The minimum atomic E-state index is -0.105. The van der Waals surface area contributed by atoms with Crippen LogP contribution in [0, 0.1) is 5.92 Å². The summed E-state index contributed by atoms with van der Waals surface area (Å²) in [6, 6.07) is 0. The molecule has 1 atom stereocenters. The third kappa shape index (κ3) is 3.58. The molecule has 2 heteroatoms. The third-order valence-electron chi connectivity index (χ3n) is 3.54. The van der Waals surface area contributed by atoms with Crippen LogP contribution in [0.2, 0.25) is 0 Å². The quantitative estimate of drug-likeness (QED) is 0.739. The summed E-state index contributed by atoms with van der Waals surface area (Å²) in [6.07, 6.45) is 6.76. The van der Waals surface area contributed by atoms with E-state index in [2.05, 4.69) is 13.8 Å². The van der Waals surface area contributed by atoms with Crippen molar-refractivity contribution in [2.75, 3.05) is 7.11 Å². The normalized spacial score (nSPS) is 21.4. The molecule has 0 heterocycles. The summed E-state index contributed by atoms with van der Waals surface area (Å²) >= 11 is 0. The van der Waals surface area contributed by atoms with Crippen molar-refractivity contribution in [2.45, 2.75) is 64.1 Å². The molecule has 0 spiro atoms. The molecule has 1 fully saturated rings. The molecule has 0 radical (unpaired) electrons. The zero-order valence-electron chi connectivity index (χ0n) is 9.75. The highest BCUT2D eigenvalue weighted by Gasteiger charge is 2.25. The number of hydrogen-bond donors (Lipinski definition) is 1. The molecule has 0 aromatic heterocycles. The van der Waals surface area contributed by atoms with E-state index >= 15 is 0 Å². The molecule has 0 saturated heterocycles. The first-order valence-electron chi connectivity index (χ1n) is 5.78. The lowest BCUT2D eigenvalue weighted by Crippen LogP contribution is -2.26. The molecule has 0 amide bonds. The number of rotatable bonds is 5. The number of ether oxygens (including phenoxy) is 1. The number of aliphatic hydroxyl groups is 1. The fourth-order valence-electron chi connectivity index (χ4n) is 2.18. The molecule has 2 nitrogen and oxygen atoms in total. The van der Waals surface area contributed by atoms with Crippen molar-refractivity contribution in [1.29, 1.82) is 0 Å². The average molecular weight is 200 g/mol. The van der Waals surface area contributed by atoms with Gasteiger partial charge >= 0.3 is 0 Å². The van der Waals surface area contributed by atoms with Crippen LogP contribution in [-0.4, -0.2) is 23.9 Å². The summed E-state index contributed by atoms with van der Waals surface area (Å²) in [5.41, 5.74) is -0.0837. The SMILES string of the molecule is COC(C)(C)CCC(O)C1CCCC1. The van der Waals surface area contributed by atoms with Crippen molar-refractivity contribution in [3.63, 3.8) is 0 Å². The summed E-state index contributed by atoms with van der Waals surface area (Å²) in [6.45, 7) is 4.16. The van der Waals surface area contributed by atoms with Gasteiger partial charge in [-0.1, -0.05) is 12.8 Å². The van der Waals surface area contributed by atoms with E-state index < -0.39 is 0 Å². The van der Waals surface area contributed by atoms with E-state index in [-0.39, 0.29) is 11.7 Å². The zero-order chi connectivity index (χ0) is 10.6. The van der Waals surface area contributed by atoms with Crippen molar-refractivity contribution in [1.82, 2.24) is 0 Å². The van der Waals surface area contributed by atoms with Crippen LogP contribution in [0.5, 0.6) is 0 Å². The summed E-state index contributed by atoms with van der Waals surface area (Å²) in [4.78, 5) is 0. The van der Waals surface area contributed by atoms with Gasteiger partial charge in [0.1, 0.15) is 0 Å². The summed E-state index contributed by atoms with van der Waals surface area (Å²) in [5, 5.41) is 9.95. The molecular formula is C12H24O2. The Morgan fingerprint density at radius 3 is 2.43 bits per heavy atom. The van der Waals surface area contributed by atoms with Crippen molar-refractivity contribution in [3.8, 4) is 0 Å². The fraction of sp³-hybridized carbons (Fsp3) is 1.00. The lowest BCUT2D eigenvalue weighted by atomic mass is 9.92. The van der Waals surface area contributed by atoms with Gasteiger partial charge in [-0.05, 0) is 45.4 Å². The van der Waals surface area contributed by atoms with E-state index in [1.54, 1.807) is 7.11 Å². The Bertz CT molecular complexity index is 160. The Morgan fingerprint density at radius 1 is 1.36 bits per heavy atom. The average Bonchev–Trinajstić information content (AvgIpc) is 2.67. The Kier molecular flexibility index (Phi) is 4.39. The molecule has 0 aliphatic heterocycles. The maximum absolute atomic E-state index is 9.95.